The number of hydrogen-bond acceptors (Lipinski definition) is 3. The molecule has 2 rings (SSSR count). The maximum Gasteiger partial charge on any atom is 0.141 e. The van der Waals surface area contributed by atoms with Crippen LogP contribution in [0.25, 0.3) is 0 Å². The summed E-state index contributed by atoms with van der Waals surface area (Å²) in [7, 11) is 1.61. The molecule has 2 aromatic rings. The van der Waals surface area contributed by atoms with Gasteiger partial charge in [-0.3, -0.25) is 0 Å². The van der Waals surface area contributed by atoms with Crippen LogP contribution >= 0.6 is 31.9 Å². The van der Waals surface area contributed by atoms with Crippen molar-refractivity contribution >= 4 is 31.9 Å². The Kier molecular flexibility index (Phi) is 4.46. The van der Waals surface area contributed by atoms with E-state index in [1.807, 2.05) is 18.2 Å². The minimum atomic E-state index is 0.577. The van der Waals surface area contributed by atoms with Gasteiger partial charge < -0.3 is 9.47 Å². The molecule has 0 aliphatic carbocycles. The average Bonchev–Trinajstić information content (AvgIpc) is 2.42. The molecule has 0 radical (unpaired) electrons. The highest BCUT2D eigenvalue weighted by molar-refractivity contribution is 9.11. The van der Waals surface area contributed by atoms with E-state index in [0.717, 1.165) is 14.7 Å². The van der Waals surface area contributed by atoms with Crippen molar-refractivity contribution in [1.29, 1.82) is 5.26 Å². The number of rotatable bonds is 3. The molecule has 0 saturated heterocycles. The average molecular weight is 383 g/mol. The lowest BCUT2D eigenvalue weighted by Gasteiger charge is -2.10. The summed E-state index contributed by atoms with van der Waals surface area (Å²) < 4.78 is 12.4. The molecule has 0 aliphatic heterocycles. The van der Waals surface area contributed by atoms with Crippen LogP contribution < -0.4 is 9.47 Å². The largest absolute Gasteiger partial charge is 0.497 e. The molecule has 2 aromatic carbocycles. The first-order valence-corrected chi connectivity index (χ1v) is 6.93. The highest BCUT2D eigenvalue weighted by Crippen LogP contribution is 2.35. The summed E-state index contributed by atoms with van der Waals surface area (Å²) in [4.78, 5) is 0. The molecule has 96 valence electrons. The first-order chi connectivity index (χ1) is 9.13. The summed E-state index contributed by atoms with van der Waals surface area (Å²) in [5.41, 5.74) is 0.577. The van der Waals surface area contributed by atoms with E-state index < -0.39 is 0 Å². The Morgan fingerprint density at radius 3 is 2.16 bits per heavy atom. The fraction of sp³-hybridized carbons (Fsp3) is 0.0714. The fourth-order valence-electron chi connectivity index (χ4n) is 1.46. The topological polar surface area (TPSA) is 42.2 Å². The third-order valence-electron chi connectivity index (χ3n) is 2.42. The standard InChI is InChI=1S/C14H9Br2NO2/c1-18-10-3-5-14(12(16)7-10)19-13-4-2-9(8-17)6-11(13)15/h2-7H,1H3. The van der Waals surface area contributed by atoms with Crippen LogP contribution in [0.4, 0.5) is 0 Å². The van der Waals surface area contributed by atoms with Gasteiger partial charge in [-0.15, -0.1) is 0 Å². The quantitative estimate of drug-likeness (QED) is 0.759. The van der Waals surface area contributed by atoms with Gasteiger partial charge in [-0.05, 0) is 68.3 Å². The van der Waals surface area contributed by atoms with Gasteiger partial charge in [0.15, 0.2) is 0 Å². The lowest BCUT2D eigenvalue weighted by atomic mass is 10.2. The van der Waals surface area contributed by atoms with Gasteiger partial charge in [0.25, 0.3) is 0 Å². The summed E-state index contributed by atoms with van der Waals surface area (Å²) in [5, 5.41) is 8.81. The molecule has 0 fully saturated rings. The Bertz CT molecular complexity index is 650. The molecular weight excluding hydrogens is 374 g/mol. The number of benzene rings is 2. The normalized spacial score (nSPS) is 9.79. The lowest BCUT2D eigenvalue weighted by Crippen LogP contribution is -1.89. The second kappa shape index (κ2) is 6.09. The van der Waals surface area contributed by atoms with E-state index in [9.17, 15) is 0 Å². The summed E-state index contributed by atoms with van der Waals surface area (Å²) in [6.45, 7) is 0. The fourth-order valence-corrected chi connectivity index (χ4v) is 2.36. The Morgan fingerprint density at radius 1 is 1.00 bits per heavy atom. The van der Waals surface area contributed by atoms with Crippen LogP contribution in [-0.4, -0.2) is 7.11 Å². The maximum atomic E-state index is 8.81. The summed E-state index contributed by atoms with van der Waals surface area (Å²) in [5.74, 6) is 2.06. The molecule has 5 heteroatoms. The second-order valence-electron chi connectivity index (χ2n) is 3.66. The molecule has 0 atom stereocenters. The van der Waals surface area contributed by atoms with Crippen molar-refractivity contribution in [2.24, 2.45) is 0 Å². The molecule has 0 aromatic heterocycles. The zero-order valence-electron chi connectivity index (χ0n) is 9.98. The maximum absolute atomic E-state index is 8.81. The van der Waals surface area contributed by atoms with Gasteiger partial charge in [0.05, 0.1) is 27.7 Å². The third-order valence-corrected chi connectivity index (χ3v) is 3.66. The van der Waals surface area contributed by atoms with Crippen LogP contribution in [0.3, 0.4) is 0 Å². The van der Waals surface area contributed by atoms with Crippen LogP contribution in [0, 0.1) is 11.3 Å². The summed E-state index contributed by atoms with van der Waals surface area (Å²) >= 11 is 6.81. The molecule has 0 bridgehead atoms. The Labute approximate surface area is 128 Å². The number of ether oxygens (including phenoxy) is 2. The van der Waals surface area contributed by atoms with E-state index in [4.69, 9.17) is 14.7 Å². The van der Waals surface area contributed by atoms with E-state index in [1.54, 1.807) is 25.3 Å². The van der Waals surface area contributed by atoms with Crippen molar-refractivity contribution in [1.82, 2.24) is 0 Å². The molecule has 0 aliphatic rings. The van der Waals surface area contributed by atoms with E-state index in [-0.39, 0.29) is 0 Å². The number of nitriles is 1. The zero-order chi connectivity index (χ0) is 13.8. The predicted molar refractivity (Wildman–Crippen MR) is 79.6 cm³/mol. The van der Waals surface area contributed by atoms with Gasteiger partial charge in [0.1, 0.15) is 17.2 Å². The summed E-state index contributed by atoms with van der Waals surface area (Å²) in [6.07, 6.45) is 0. The van der Waals surface area contributed by atoms with Gasteiger partial charge in [-0.25, -0.2) is 0 Å². The number of nitrogens with zero attached hydrogens (tertiary/aromatic N) is 1. The van der Waals surface area contributed by atoms with Crippen LogP contribution in [0.1, 0.15) is 5.56 Å². The monoisotopic (exact) mass is 381 g/mol. The SMILES string of the molecule is COc1ccc(Oc2ccc(C#N)cc2Br)c(Br)c1. The molecule has 0 unspecified atom stereocenters. The van der Waals surface area contributed by atoms with Crippen molar-refractivity contribution in [3.05, 3.63) is 50.9 Å². The van der Waals surface area contributed by atoms with Crippen molar-refractivity contribution in [2.75, 3.05) is 7.11 Å². The minimum Gasteiger partial charge on any atom is -0.497 e. The van der Waals surface area contributed by atoms with Gasteiger partial charge in [0.2, 0.25) is 0 Å². The number of hydrogen-bond donors (Lipinski definition) is 0. The van der Waals surface area contributed by atoms with Crippen molar-refractivity contribution in [2.45, 2.75) is 0 Å². The van der Waals surface area contributed by atoms with Crippen LogP contribution in [0.15, 0.2) is 45.3 Å². The number of halogens is 2. The van der Waals surface area contributed by atoms with Gasteiger partial charge in [-0.2, -0.15) is 5.26 Å². The van der Waals surface area contributed by atoms with Crippen molar-refractivity contribution in [3.63, 3.8) is 0 Å². The Balaban J connectivity index is 2.29. The van der Waals surface area contributed by atoms with Gasteiger partial charge in [-0.1, -0.05) is 0 Å². The molecular formula is C14H9Br2NO2. The summed E-state index contributed by atoms with van der Waals surface area (Å²) in [6, 6.07) is 12.7. The van der Waals surface area contributed by atoms with Crippen molar-refractivity contribution in [3.8, 4) is 23.3 Å². The molecule has 0 heterocycles. The molecule has 3 nitrogen and oxygen atoms in total. The van der Waals surface area contributed by atoms with Crippen molar-refractivity contribution < 1.29 is 9.47 Å². The number of methoxy groups -OCH3 is 1. The smallest absolute Gasteiger partial charge is 0.141 e. The van der Waals surface area contributed by atoms with Crippen LogP contribution in [-0.2, 0) is 0 Å². The molecule has 19 heavy (non-hydrogen) atoms. The van der Waals surface area contributed by atoms with Crippen LogP contribution in [0.5, 0.6) is 17.2 Å². The van der Waals surface area contributed by atoms with E-state index in [0.29, 0.717) is 17.1 Å². The first-order valence-electron chi connectivity index (χ1n) is 5.35. The van der Waals surface area contributed by atoms with E-state index in [2.05, 4.69) is 37.9 Å². The Hall–Kier alpha value is -1.51. The first kappa shape index (κ1) is 13.9. The molecule has 0 N–H and O–H groups in total. The third kappa shape index (κ3) is 3.28. The van der Waals surface area contributed by atoms with Gasteiger partial charge in [0, 0.05) is 0 Å². The van der Waals surface area contributed by atoms with Crippen LogP contribution in [0.2, 0.25) is 0 Å². The lowest BCUT2D eigenvalue weighted by molar-refractivity contribution is 0.412. The van der Waals surface area contributed by atoms with Gasteiger partial charge >= 0.3 is 0 Å². The molecule has 0 amide bonds. The minimum absolute atomic E-state index is 0.577. The highest BCUT2D eigenvalue weighted by atomic mass is 79.9. The highest BCUT2D eigenvalue weighted by Gasteiger charge is 2.08. The van der Waals surface area contributed by atoms with E-state index >= 15 is 0 Å². The predicted octanol–water partition coefficient (Wildman–Crippen LogP) is 4.88. The molecule has 0 saturated carbocycles. The second-order valence-corrected chi connectivity index (χ2v) is 5.36. The zero-order valence-corrected chi connectivity index (χ0v) is 13.2. The molecule has 0 spiro atoms. The Morgan fingerprint density at radius 2 is 1.63 bits per heavy atom. The van der Waals surface area contributed by atoms with E-state index in [1.165, 1.54) is 0 Å².